The van der Waals surface area contributed by atoms with Crippen molar-refractivity contribution in [1.29, 1.82) is 0 Å². The molecule has 0 aliphatic carbocycles. The minimum absolute atomic E-state index is 0.414. The van der Waals surface area contributed by atoms with Crippen LogP contribution in [0.25, 0.3) is 21.9 Å². The number of imidazole rings is 1. The Hall–Kier alpha value is -2.67. The molecule has 0 fully saturated rings. The highest BCUT2D eigenvalue weighted by molar-refractivity contribution is 6.09. The number of aryl methyl sites for hydroxylation is 1. The Labute approximate surface area is 266 Å². The Kier molecular flexibility index (Phi) is 17.2. The zero-order chi connectivity index (χ0) is 31.4. The molecule has 246 valence electrons. The predicted octanol–water partition coefficient (Wildman–Crippen LogP) is 10.0. The molecule has 0 radical (unpaired) electrons. The first-order chi connectivity index (χ1) is 21.6. The highest BCUT2D eigenvalue weighted by atomic mass is 16.5. The van der Waals surface area contributed by atoms with E-state index in [0.29, 0.717) is 43.4 Å². The second-order valence-electron chi connectivity index (χ2n) is 12.5. The molecule has 0 aliphatic rings. The minimum atomic E-state index is 0.414. The molecular formula is C37H60N4O3. The maximum Gasteiger partial charge on any atom is 0.152 e. The van der Waals surface area contributed by atoms with Gasteiger partial charge in [0.1, 0.15) is 29.5 Å². The van der Waals surface area contributed by atoms with E-state index >= 15 is 0 Å². The first-order valence-corrected chi connectivity index (χ1v) is 17.8. The number of Topliss-reactive ketones (excluding diaryl/α,β-unsaturated/α-hetero) is 1. The second kappa shape index (κ2) is 21.1. The van der Waals surface area contributed by atoms with Crippen LogP contribution in [0.1, 0.15) is 148 Å². The number of hydrogen-bond donors (Lipinski definition) is 1. The Morgan fingerprint density at radius 1 is 0.773 bits per heavy atom. The van der Waals surface area contributed by atoms with Gasteiger partial charge in [-0.05, 0) is 44.7 Å². The summed E-state index contributed by atoms with van der Waals surface area (Å²) in [4.78, 5) is 21.7. The smallest absolute Gasteiger partial charge is 0.152 e. The van der Waals surface area contributed by atoms with Gasteiger partial charge in [-0.25, -0.2) is 9.97 Å². The summed E-state index contributed by atoms with van der Waals surface area (Å²) in [6.07, 6.45) is 24.5. The SMILES string of the molecule is CCCCCCCCCCCCCCCCCC(=O)CCCCCOc1cccc2nc(N)c3nc(COCC)n(C)c3c12. The molecule has 0 bridgehead atoms. The summed E-state index contributed by atoms with van der Waals surface area (Å²) >= 11 is 0. The van der Waals surface area contributed by atoms with Gasteiger partial charge in [-0.1, -0.05) is 103 Å². The van der Waals surface area contributed by atoms with Crippen molar-refractivity contribution < 1.29 is 14.3 Å². The highest BCUT2D eigenvalue weighted by Crippen LogP contribution is 2.34. The van der Waals surface area contributed by atoms with Crippen LogP contribution < -0.4 is 10.5 Å². The zero-order valence-corrected chi connectivity index (χ0v) is 28.1. The van der Waals surface area contributed by atoms with Gasteiger partial charge in [0, 0.05) is 26.5 Å². The van der Waals surface area contributed by atoms with Crippen molar-refractivity contribution in [3.63, 3.8) is 0 Å². The fourth-order valence-electron chi connectivity index (χ4n) is 6.09. The van der Waals surface area contributed by atoms with E-state index in [4.69, 9.17) is 20.2 Å². The Morgan fingerprint density at radius 3 is 1.93 bits per heavy atom. The first-order valence-electron chi connectivity index (χ1n) is 17.8. The molecule has 0 atom stereocenters. The summed E-state index contributed by atoms with van der Waals surface area (Å²) in [7, 11) is 1.98. The quantitative estimate of drug-likeness (QED) is 0.0912. The number of ketones is 1. The molecule has 2 heterocycles. The average Bonchev–Trinajstić information content (AvgIpc) is 3.36. The molecule has 0 unspecified atom stereocenters. The highest BCUT2D eigenvalue weighted by Gasteiger charge is 2.18. The lowest BCUT2D eigenvalue weighted by Crippen LogP contribution is -2.03. The molecule has 0 amide bonds. The van der Waals surface area contributed by atoms with Gasteiger partial charge in [0.15, 0.2) is 5.82 Å². The number of carbonyl (C=O) groups is 1. The summed E-state index contributed by atoms with van der Waals surface area (Å²) in [6.45, 7) is 5.89. The summed E-state index contributed by atoms with van der Waals surface area (Å²) in [6, 6.07) is 5.89. The van der Waals surface area contributed by atoms with Gasteiger partial charge in [-0.2, -0.15) is 0 Å². The van der Waals surface area contributed by atoms with Gasteiger partial charge in [0.05, 0.1) is 23.0 Å². The van der Waals surface area contributed by atoms with Gasteiger partial charge in [-0.15, -0.1) is 0 Å². The standard InChI is InChI=1S/C37H60N4O3/c1-4-6-7-8-9-10-11-12-13-14-15-16-17-18-20-24-30(42)25-21-19-22-28-44-32-27-23-26-31-34(32)36-35(37(38)39-31)40-33(41(36)3)29-43-5-2/h23,26-27H,4-22,24-25,28-29H2,1-3H3,(H2,38,39). The van der Waals surface area contributed by atoms with Gasteiger partial charge in [-0.3, -0.25) is 4.79 Å². The number of ether oxygens (including phenoxy) is 2. The topological polar surface area (TPSA) is 92.3 Å². The number of unbranched alkanes of at least 4 members (excludes halogenated alkanes) is 16. The van der Waals surface area contributed by atoms with Crippen LogP contribution in [0, 0.1) is 0 Å². The number of rotatable bonds is 26. The summed E-state index contributed by atoms with van der Waals surface area (Å²) in [5.74, 6) is 2.43. The summed E-state index contributed by atoms with van der Waals surface area (Å²) < 4.78 is 13.9. The number of benzene rings is 1. The normalized spacial score (nSPS) is 11.6. The lowest BCUT2D eigenvalue weighted by molar-refractivity contribution is -0.119. The van der Waals surface area contributed by atoms with E-state index in [-0.39, 0.29) is 0 Å². The number of carbonyl (C=O) groups excluding carboxylic acids is 1. The Bertz CT molecular complexity index is 1240. The molecule has 0 spiro atoms. The predicted molar refractivity (Wildman–Crippen MR) is 184 cm³/mol. The van der Waals surface area contributed by atoms with Crippen LogP contribution in [-0.4, -0.2) is 33.5 Å². The lowest BCUT2D eigenvalue weighted by Gasteiger charge is -2.12. The third-order valence-corrected chi connectivity index (χ3v) is 8.76. The molecule has 1 aromatic carbocycles. The Balaban J connectivity index is 1.24. The minimum Gasteiger partial charge on any atom is -0.493 e. The number of fused-ring (bicyclic) bond motifs is 3. The average molecular weight is 609 g/mol. The van der Waals surface area contributed by atoms with Crippen LogP contribution in [-0.2, 0) is 23.2 Å². The van der Waals surface area contributed by atoms with Crippen LogP contribution in [0.5, 0.6) is 5.75 Å². The van der Waals surface area contributed by atoms with E-state index in [9.17, 15) is 4.79 Å². The van der Waals surface area contributed by atoms with Crippen molar-refractivity contribution >= 4 is 33.5 Å². The Morgan fingerprint density at radius 2 is 1.34 bits per heavy atom. The van der Waals surface area contributed by atoms with Crippen molar-refractivity contribution in [2.45, 2.75) is 149 Å². The van der Waals surface area contributed by atoms with Crippen molar-refractivity contribution in [2.24, 2.45) is 7.05 Å². The summed E-state index contributed by atoms with van der Waals surface area (Å²) in [5, 5.41) is 0.924. The van der Waals surface area contributed by atoms with Crippen LogP contribution in [0.3, 0.4) is 0 Å². The monoisotopic (exact) mass is 608 g/mol. The molecule has 0 saturated heterocycles. The van der Waals surface area contributed by atoms with Crippen LogP contribution in [0.4, 0.5) is 5.82 Å². The van der Waals surface area contributed by atoms with Crippen LogP contribution in [0.15, 0.2) is 18.2 Å². The van der Waals surface area contributed by atoms with Crippen LogP contribution in [0.2, 0.25) is 0 Å². The second-order valence-corrected chi connectivity index (χ2v) is 12.5. The molecule has 0 aliphatic heterocycles. The summed E-state index contributed by atoms with van der Waals surface area (Å²) in [5.41, 5.74) is 8.65. The maximum atomic E-state index is 12.4. The van der Waals surface area contributed by atoms with E-state index < -0.39 is 0 Å². The van der Waals surface area contributed by atoms with E-state index in [1.54, 1.807) is 0 Å². The molecule has 7 heteroatoms. The number of aromatic nitrogens is 3. The van der Waals surface area contributed by atoms with E-state index in [0.717, 1.165) is 60.1 Å². The van der Waals surface area contributed by atoms with Gasteiger partial charge in [0.2, 0.25) is 0 Å². The molecule has 3 rings (SSSR count). The lowest BCUT2D eigenvalue weighted by atomic mass is 10.0. The van der Waals surface area contributed by atoms with Crippen molar-refractivity contribution in [3.8, 4) is 5.75 Å². The van der Waals surface area contributed by atoms with Gasteiger partial charge >= 0.3 is 0 Å². The number of nitrogens with zero attached hydrogens (tertiary/aromatic N) is 3. The maximum absolute atomic E-state index is 12.4. The molecule has 7 nitrogen and oxygen atoms in total. The van der Waals surface area contributed by atoms with E-state index in [1.165, 1.54) is 89.9 Å². The fraction of sp³-hybridized carbons (Fsp3) is 0.703. The molecule has 44 heavy (non-hydrogen) atoms. The van der Waals surface area contributed by atoms with E-state index in [1.807, 2.05) is 36.7 Å². The van der Waals surface area contributed by atoms with Crippen molar-refractivity contribution in [1.82, 2.24) is 14.5 Å². The number of pyridine rings is 1. The van der Waals surface area contributed by atoms with Crippen molar-refractivity contribution in [3.05, 3.63) is 24.0 Å². The molecule has 3 aromatic rings. The number of anilines is 1. The molecular weight excluding hydrogens is 548 g/mol. The molecule has 2 aromatic heterocycles. The van der Waals surface area contributed by atoms with Gasteiger partial charge in [0.25, 0.3) is 0 Å². The van der Waals surface area contributed by atoms with E-state index in [2.05, 4.69) is 11.9 Å². The number of nitrogen functional groups attached to an aromatic ring is 1. The molecule has 2 N–H and O–H groups in total. The third-order valence-electron chi connectivity index (χ3n) is 8.76. The zero-order valence-electron chi connectivity index (χ0n) is 28.1. The molecule has 0 saturated carbocycles. The van der Waals surface area contributed by atoms with Gasteiger partial charge < -0.3 is 19.8 Å². The van der Waals surface area contributed by atoms with Crippen LogP contribution >= 0.6 is 0 Å². The first kappa shape index (κ1) is 35.8. The number of nitrogens with two attached hydrogens (primary N) is 1. The number of hydrogen-bond acceptors (Lipinski definition) is 6. The fourth-order valence-corrected chi connectivity index (χ4v) is 6.09. The van der Waals surface area contributed by atoms with Crippen molar-refractivity contribution in [2.75, 3.05) is 18.9 Å². The third kappa shape index (κ3) is 12.0. The largest absolute Gasteiger partial charge is 0.493 e.